The number of hydrogen-bond acceptors (Lipinski definition) is 7. The summed E-state index contributed by atoms with van der Waals surface area (Å²) in [5.74, 6) is -3.26. The highest BCUT2D eigenvalue weighted by Gasteiger charge is 2.57. The molecule has 0 aromatic carbocycles. The molecule has 2 rings (SSSR count). The van der Waals surface area contributed by atoms with Crippen LogP contribution < -0.4 is 11.4 Å². The number of hydrogen-bond donors (Lipinski definition) is 4. The molecule has 4 atom stereocenters. The van der Waals surface area contributed by atoms with E-state index in [1.807, 2.05) is 0 Å². The van der Waals surface area contributed by atoms with Gasteiger partial charge in [0.05, 0.1) is 10.2 Å². The summed E-state index contributed by atoms with van der Waals surface area (Å²) in [6, 6.07) is 0. The number of aromatic nitrogens is 2. The first kappa shape index (κ1) is 14.6. The van der Waals surface area contributed by atoms with Crippen LogP contribution >= 0.6 is 22.6 Å². The number of nitrogens with two attached hydrogens (primary N) is 1. The highest BCUT2D eigenvalue weighted by Crippen LogP contribution is 2.38. The molecule has 2 heterocycles. The Bertz CT molecular complexity index is 551. The van der Waals surface area contributed by atoms with E-state index in [0.29, 0.717) is 8.14 Å². The molecule has 1 aromatic heterocycles. The van der Waals surface area contributed by atoms with Crippen molar-refractivity contribution in [1.29, 1.82) is 0 Å². The predicted molar refractivity (Wildman–Crippen MR) is 68.7 cm³/mol. The Hall–Kier alpha value is -0.820. The number of alkyl halides is 1. The molecule has 10 heteroatoms. The Kier molecular flexibility index (Phi) is 3.79. The molecular formula is C9H11FIN3O5. The monoisotopic (exact) mass is 387 g/mol. The van der Waals surface area contributed by atoms with Gasteiger partial charge in [-0.25, -0.2) is 9.18 Å². The maximum Gasteiger partial charge on any atom is 0.351 e. The van der Waals surface area contributed by atoms with Crippen LogP contribution in [0.5, 0.6) is 0 Å². The van der Waals surface area contributed by atoms with E-state index in [1.54, 1.807) is 22.6 Å². The number of aliphatic hydroxyl groups is 3. The number of aliphatic hydroxyl groups excluding tert-OH is 2. The minimum absolute atomic E-state index is 0.0403. The van der Waals surface area contributed by atoms with Crippen molar-refractivity contribution in [1.82, 2.24) is 9.55 Å². The zero-order chi connectivity index (χ0) is 14.4. The lowest BCUT2D eigenvalue weighted by atomic mass is 10.1. The largest absolute Gasteiger partial charge is 0.394 e. The second kappa shape index (κ2) is 4.94. The van der Waals surface area contributed by atoms with Crippen LogP contribution in [0.25, 0.3) is 0 Å². The van der Waals surface area contributed by atoms with Crippen LogP contribution in [0.1, 0.15) is 6.23 Å². The maximum atomic E-state index is 14.1. The summed E-state index contributed by atoms with van der Waals surface area (Å²) in [5, 5.41) is 28.0. The lowest BCUT2D eigenvalue weighted by Crippen LogP contribution is -2.45. The summed E-state index contributed by atoms with van der Waals surface area (Å²) in [6.07, 6.45) is -3.99. The van der Waals surface area contributed by atoms with Gasteiger partial charge >= 0.3 is 5.69 Å². The number of nitrogen functional groups attached to an aromatic ring is 1. The van der Waals surface area contributed by atoms with Gasteiger partial charge < -0.3 is 25.8 Å². The molecule has 106 valence electrons. The van der Waals surface area contributed by atoms with Gasteiger partial charge in [0.2, 0.25) is 0 Å². The summed E-state index contributed by atoms with van der Waals surface area (Å²) in [4.78, 5) is 15.1. The molecule has 8 nitrogen and oxygen atoms in total. The smallest absolute Gasteiger partial charge is 0.351 e. The van der Waals surface area contributed by atoms with Crippen molar-refractivity contribution in [2.24, 2.45) is 0 Å². The van der Waals surface area contributed by atoms with Gasteiger partial charge in [-0.15, -0.1) is 0 Å². The molecule has 0 unspecified atom stereocenters. The van der Waals surface area contributed by atoms with E-state index in [1.165, 1.54) is 0 Å². The molecule has 1 aliphatic rings. The van der Waals surface area contributed by atoms with Crippen molar-refractivity contribution >= 4 is 28.4 Å². The van der Waals surface area contributed by atoms with Gasteiger partial charge in [-0.2, -0.15) is 4.98 Å². The number of ether oxygens (including phenoxy) is 1. The average molecular weight is 387 g/mol. The second-order valence-electron chi connectivity index (χ2n) is 4.05. The Morgan fingerprint density at radius 3 is 2.84 bits per heavy atom. The maximum absolute atomic E-state index is 14.1. The Balaban J connectivity index is 2.48. The predicted octanol–water partition coefficient (Wildman–Crippen LogP) is -1.66. The molecule has 1 aromatic rings. The molecule has 0 saturated carbocycles. The van der Waals surface area contributed by atoms with E-state index >= 15 is 0 Å². The normalized spacial score (nSPS) is 34.7. The summed E-state index contributed by atoms with van der Waals surface area (Å²) < 4.78 is 20.0. The van der Waals surface area contributed by atoms with E-state index in [4.69, 9.17) is 15.6 Å². The quantitative estimate of drug-likeness (QED) is 0.447. The van der Waals surface area contributed by atoms with E-state index in [2.05, 4.69) is 4.98 Å². The topological polar surface area (TPSA) is 131 Å². The molecular weight excluding hydrogens is 376 g/mol. The Labute approximate surface area is 119 Å². The van der Waals surface area contributed by atoms with E-state index in [9.17, 15) is 19.4 Å². The van der Waals surface area contributed by atoms with Gasteiger partial charge in [0.15, 0.2) is 6.23 Å². The lowest BCUT2D eigenvalue weighted by Gasteiger charge is -2.23. The first-order valence-corrected chi connectivity index (χ1v) is 6.26. The number of anilines is 1. The molecule has 1 fully saturated rings. The van der Waals surface area contributed by atoms with Crippen LogP contribution in [0.2, 0.25) is 0 Å². The van der Waals surface area contributed by atoms with Crippen molar-refractivity contribution in [2.45, 2.75) is 24.3 Å². The van der Waals surface area contributed by atoms with Crippen molar-refractivity contribution in [3.8, 4) is 0 Å². The van der Waals surface area contributed by atoms with Crippen LogP contribution in [0.15, 0.2) is 11.0 Å². The first-order valence-electron chi connectivity index (χ1n) is 5.19. The van der Waals surface area contributed by atoms with Crippen LogP contribution in [-0.4, -0.2) is 49.5 Å². The molecule has 0 bridgehead atoms. The fourth-order valence-corrected chi connectivity index (χ4v) is 2.19. The second-order valence-corrected chi connectivity index (χ2v) is 5.21. The summed E-state index contributed by atoms with van der Waals surface area (Å²) in [7, 11) is 0. The van der Waals surface area contributed by atoms with Crippen molar-refractivity contribution in [3.05, 3.63) is 20.3 Å². The minimum atomic E-state index is -3.22. The average Bonchev–Trinajstić information content (AvgIpc) is 2.56. The molecule has 19 heavy (non-hydrogen) atoms. The minimum Gasteiger partial charge on any atom is -0.394 e. The molecule has 1 aliphatic heterocycles. The fraction of sp³-hybridized carbons (Fsp3) is 0.556. The number of nitrogens with zero attached hydrogens (tertiary/aromatic N) is 2. The van der Waals surface area contributed by atoms with E-state index in [0.717, 1.165) is 6.20 Å². The Morgan fingerprint density at radius 1 is 1.68 bits per heavy atom. The van der Waals surface area contributed by atoms with Gasteiger partial charge in [-0.1, -0.05) is 0 Å². The van der Waals surface area contributed by atoms with Gasteiger partial charge in [-0.3, -0.25) is 4.57 Å². The van der Waals surface area contributed by atoms with Crippen molar-refractivity contribution < 1.29 is 24.4 Å². The third kappa shape index (κ3) is 2.33. The lowest BCUT2D eigenvalue weighted by molar-refractivity contribution is -0.197. The highest BCUT2D eigenvalue weighted by atomic mass is 127. The first-order chi connectivity index (χ1) is 8.78. The van der Waals surface area contributed by atoms with E-state index < -0.39 is 36.6 Å². The highest BCUT2D eigenvalue weighted by molar-refractivity contribution is 14.1. The van der Waals surface area contributed by atoms with Gasteiger partial charge in [0.1, 0.15) is 18.0 Å². The van der Waals surface area contributed by atoms with Crippen molar-refractivity contribution in [3.63, 3.8) is 0 Å². The Morgan fingerprint density at radius 2 is 2.32 bits per heavy atom. The van der Waals surface area contributed by atoms with Crippen LogP contribution in [0.3, 0.4) is 0 Å². The standard InChI is InChI=1S/C9H11FIN3O5/c10-9(18)5(16)4(2-15)19-7(9)14-1-3(11)6(12)13-8(14)17/h1,4-5,7,15-16,18H,2H2,(H2,12,13,17)/t4-,5-,7-,9+/m1/s1. The van der Waals surface area contributed by atoms with Crippen LogP contribution in [0, 0.1) is 3.57 Å². The van der Waals surface area contributed by atoms with Gasteiger partial charge in [-0.05, 0) is 22.6 Å². The fourth-order valence-electron chi connectivity index (χ4n) is 1.77. The SMILES string of the molecule is Nc1nc(=O)n([C@@H]2O[C@H](CO)[C@@H](O)[C@@]2(O)F)cc1I. The third-order valence-corrected chi connectivity index (χ3v) is 3.61. The summed E-state index contributed by atoms with van der Waals surface area (Å²) >= 11 is 1.77. The molecule has 0 radical (unpaired) electrons. The molecule has 0 amide bonds. The molecule has 0 spiro atoms. The molecule has 1 saturated heterocycles. The number of rotatable bonds is 2. The van der Waals surface area contributed by atoms with Crippen LogP contribution in [0.4, 0.5) is 10.2 Å². The zero-order valence-corrected chi connectivity index (χ0v) is 11.6. The van der Waals surface area contributed by atoms with Gasteiger partial charge in [0, 0.05) is 6.20 Å². The van der Waals surface area contributed by atoms with E-state index in [-0.39, 0.29) is 5.82 Å². The van der Waals surface area contributed by atoms with Crippen molar-refractivity contribution in [2.75, 3.05) is 12.3 Å². The zero-order valence-electron chi connectivity index (χ0n) is 9.40. The summed E-state index contributed by atoms with van der Waals surface area (Å²) in [6.45, 7) is -0.710. The summed E-state index contributed by atoms with van der Waals surface area (Å²) in [5.41, 5.74) is 4.48. The number of halogens is 2. The van der Waals surface area contributed by atoms with Gasteiger partial charge in [0.25, 0.3) is 5.85 Å². The third-order valence-electron chi connectivity index (χ3n) is 2.78. The molecule has 5 N–H and O–H groups in total. The molecule has 0 aliphatic carbocycles. The van der Waals surface area contributed by atoms with Crippen LogP contribution in [-0.2, 0) is 4.74 Å².